The third-order valence-electron chi connectivity index (χ3n) is 20.8. The quantitative estimate of drug-likeness (QED) is 0.127. The molecule has 0 saturated carbocycles. The van der Waals surface area contributed by atoms with Crippen molar-refractivity contribution in [1.29, 1.82) is 0 Å². The van der Waals surface area contributed by atoms with Crippen LogP contribution < -0.4 is 31.0 Å². The van der Waals surface area contributed by atoms with Crippen molar-refractivity contribution in [2.24, 2.45) is 0 Å². The molecule has 0 bridgehead atoms. The van der Waals surface area contributed by atoms with Gasteiger partial charge in [-0.2, -0.15) is 0 Å². The molecule has 0 amide bonds. The van der Waals surface area contributed by atoms with Crippen LogP contribution in [0.3, 0.4) is 0 Å². The second-order valence-electron chi connectivity index (χ2n) is 26.6. The molecule has 1 aliphatic heterocycles. The van der Waals surface area contributed by atoms with Crippen LogP contribution in [0.25, 0.3) is 161 Å². The summed E-state index contributed by atoms with van der Waals surface area (Å²) >= 11 is 3.29. The van der Waals surface area contributed by atoms with Crippen LogP contribution in [0, 0.1) is 14.1 Å². The third-order valence-corrected chi connectivity index (χ3v) is 26.2. The van der Waals surface area contributed by atoms with Gasteiger partial charge in [0.2, 0.25) is 0 Å². The Hall–Kier alpha value is -11.7. The summed E-state index contributed by atoms with van der Waals surface area (Å²) in [4.78, 5) is 4.98. The summed E-state index contributed by atoms with van der Waals surface area (Å²) in [6.45, 7) is 2.16. The molecule has 4 heterocycles. The number of para-hydroxylation sites is 2. The van der Waals surface area contributed by atoms with Gasteiger partial charge in [0.15, 0.2) is 0 Å². The normalized spacial score (nSPS) is 12.2. The first-order chi connectivity index (χ1) is 50.0. The fourth-order valence-electron chi connectivity index (χ4n) is 16.3. The zero-order valence-electron chi connectivity index (χ0n) is 54.8. The van der Waals surface area contributed by atoms with E-state index in [1.54, 1.807) is 0 Å². The number of furan rings is 1. The molecule has 3 aromatic heterocycles. The van der Waals surface area contributed by atoms with E-state index >= 15 is 0 Å². The minimum atomic E-state index is -0.482. The smallest absolute Gasteiger partial charge is 0.0554 e. The Balaban J connectivity index is 0.678. The molecule has 6 heteroatoms. The first kappa shape index (κ1) is 58.3. The SMILES string of the molecule is Cc1ccc(N(c2ccc3c(c2)oc2c(-c4cccc(-c5cccc6c5ccc5sc7cc(N(c8ccc9c(c8)[I-]c8c(-c%10ccccc%10)cccc8-9)c8ccccc8-c8ccccc8)c8ccccc8c7c56)c4)cccc23)c2cc3sc4ccc5ccccc5c4c3c3ccccc23)cc1. The molecule has 101 heavy (non-hydrogen) atoms. The number of anilines is 6. The van der Waals surface area contributed by atoms with E-state index in [1.807, 2.05) is 22.7 Å². The molecule has 17 aromatic carbocycles. The van der Waals surface area contributed by atoms with E-state index in [1.165, 1.54) is 135 Å². The van der Waals surface area contributed by atoms with E-state index in [2.05, 4.69) is 350 Å². The van der Waals surface area contributed by atoms with E-state index in [9.17, 15) is 0 Å². The number of hydrogen-bond acceptors (Lipinski definition) is 5. The monoisotopic (exact) mass is 1430 g/mol. The zero-order chi connectivity index (χ0) is 66.4. The Kier molecular flexibility index (Phi) is 13.4. The van der Waals surface area contributed by atoms with Crippen LogP contribution in [0.4, 0.5) is 34.1 Å². The van der Waals surface area contributed by atoms with Gasteiger partial charge in [-0.25, -0.2) is 0 Å². The van der Waals surface area contributed by atoms with Crippen LogP contribution in [-0.4, -0.2) is 0 Å². The van der Waals surface area contributed by atoms with E-state index in [0.29, 0.717) is 0 Å². The summed E-state index contributed by atoms with van der Waals surface area (Å²) < 4.78 is 15.2. The van der Waals surface area contributed by atoms with Gasteiger partial charge in [-0.3, -0.25) is 0 Å². The van der Waals surface area contributed by atoms with E-state index in [4.69, 9.17) is 4.42 Å². The number of halogens is 1. The third kappa shape index (κ3) is 9.29. The fourth-order valence-corrected chi connectivity index (χ4v) is 22.0. The largest absolute Gasteiger partial charge is 0.135 e. The zero-order valence-corrected chi connectivity index (χ0v) is 58.5. The molecule has 0 spiro atoms. The maximum atomic E-state index is 7.21. The number of thiophene rings is 2. The van der Waals surface area contributed by atoms with Gasteiger partial charge in [-0.1, -0.05) is 115 Å². The van der Waals surface area contributed by atoms with E-state index < -0.39 is 21.2 Å². The van der Waals surface area contributed by atoms with E-state index in [-0.39, 0.29) is 0 Å². The Morgan fingerprint density at radius 1 is 0.277 bits per heavy atom. The summed E-state index contributed by atoms with van der Waals surface area (Å²) in [6.07, 6.45) is 0. The predicted molar refractivity (Wildman–Crippen MR) is 428 cm³/mol. The molecule has 3 nitrogen and oxygen atoms in total. The number of rotatable bonds is 10. The molecule has 0 atom stereocenters. The number of fused-ring (bicyclic) bond motifs is 20. The molecule has 0 radical (unpaired) electrons. The van der Waals surface area contributed by atoms with Crippen molar-refractivity contribution in [3.8, 4) is 55.6 Å². The van der Waals surface area contributed by atoms with Gasteiger partial charge in [0, 0.05) is 59.3 Å². The molecular formula is C95H58IN2OS2-. The molecule has 0 unspecified atom stereocenters. The molecule has 20 aromatic rings. The van der Waals surface area contributed by atoms with Crippen molar-refractivity contribution in [3.63, 3.8) is 0 Å². The molecule has 0 aliphatic carbocycles. The predicted octanol–water partition coefficient (Wildman–Crippen LogP) is 25.0. The summed E-state index contributed by atoms with van der Waals surface area (Å²) in [5.41, 5.74) is 21.9. The van der Waals surface area contributed by atoms with Crippen LogP contribution in [0.1, 0.15) is 5.56 Å². The number of benzene rings is 17. The standard InChI is InChI=1S/C95H58IN2OS2/c1-57-40-43-63(44-41-57)97(83-55-88-92(77-31-12-10-29-73(77)83)90-68-28-9-8-24-60(68)42-50-86(90)100-88)65-46-48-75-80-38-19-35-70(95(80)99-85(75)54-65)62-26-16-25-61(52-62)66-33-17-36-76-71(66)49-51-87-91(76)93-78-32-13-11-30-74(78)84(56-89(93)101-87)98(82-39-15-14-27-67(82)58-20-4-2-5-21-58)64-45-47-72-79-37-18-34-69(59-22-6-3-7-23-59)94(79)96-81(72)53-64/h2-56H,1H3/q-1. The van der Waals surface area contributed by atoms with Crippen LogP contribution in [0.5, 0.6) is 0 Å². The number of nitrogens with zero attached hydrogens (tertiary/aromatic N) is 2. The summed E-state index contributed by atoms with van der Waals surface area (Å²) in [5, 5.41) is 17.3. The second-order valence-corrected chi connectivity index (χ2v) is 31.5. The van der Waals surface area contributed by atoms with E-state index in [0.717, 1.165) is 72.8 Å². The van der Waals surface area contributed by atoms with Gasteiger partial charge in [0.25, 0.3) is 0 Å². The van der Waals surface area contributed by atoms with Crippen LogP contribution in [0.15, 0.2) is 338 Å². The summed E-state index contributed by atoms with van der Waals surface area (Å²) in [7, 11) is 0. The molecule has 1 aliphatic rings. The first-order valence-corrected chi connectivity index (χ1v) is 38.2. The molecule has 0 saturated heterocycles. The average Bonchev–Trinajstić information content (AvgIpc) is 1.58. The first-order valence-electron chi connectivity index (χ1n) is 34.4. The molecule has 0 fully saturated rings. The van der Waals surface area contributed by atoms with Gasteiger partial charge < -0.3 is 9.32 Å². The van der Waals surface area contributed by atoms with Crippen molar-refractivity contribution in [1.82, 2.24) is 0 Å². The van der Waals surface area contributed by atoms with Crippen molar-refractivity contribution < 1.29 is 25.6 Å². The second kappa shape index (κ2) is 23.2. The Bertz CT molecular complexity index is 6830. The van der Waals surface area contributed by atoms with Gasteiger partial charge in [0.1, 0.15) is 11.2 Å². The Morgan fingerprint density at radius 2 is 0.772 bits per heavy atom. The molecule has 474 valence electrons. The minimum Gasteiger partial charge on any atom is -0.135 e. The number of hydrogen-bond donors (Lipinski definition) is 0. The topological polar surface area (TPSA) is 19.6 Å². The van der Waals surface area contributed by atoms with Crippen molar-refractivity contribution in [2.45, 2.75) is 6.92 Å². The van der Waals surface area contributed by atoms with Gasteiger partial charge in [-0.15, -0.1) is 11.3 Å². The van der Waals surface area contributed by atoms with Crippen molar-refractivity contribution in [3.05, 3.63) is 346 Å². The molecule has 21 rings (SSSR count). The summed E-state index contributed by atoms with van der Waals surface area (Å²) in [6, 6.07) is 124. The average molecular weight is 1430 g/mol. The number of aryl methyl sites for hydroxylation is 1. The van der Waals surface area contributed by atoms with Crippen LogP contribution >= 0.6 is 22.7 Å². The Morgan fingerprint density at radius 3 is 1.52 bits per heavy atom. The summed E-state index contributed by atoms with van der Waals surface area (Å²) in [5.74, 6) is 0. The van der Waals surface area contributed by atoms with Crippen molar-refractivity contribution >= 4 is 162 Å². The van der Waals surface area contributed by atoms with Gasteiger partial charge in [-0.05, 0) is 76.7 Å². The molecule has 0 N–H and O–H groups in total. The molecular weight excluding hydrogens is 1380 g/mol. The maximum absolute atomic E-state index is 7.21. The van der Waals surface area contributed by atoms with Gasteiger partial charge in [0.05, 0.1) is 5.69 Å². The Labute approximate surface area is 601 Å². The van der Waals surface area contributed by atoms with Gasteiger partial charge >= 0.3 is 318 Å². The fraction of sp³-hybridized carbons (Fsp3) is 0.0105. The van der Waals surface area contributed by atoms with Crippen molar-refractivity contribution in [2.75, 3.05) is 9.80 Å². The van der Waals surface area contributed by atoms with Crippen LogP contribution in [0.2, 0.25) is 0 Å². The maximum Gasteiger partial charge on any atom is 0.0554 e. The minimum absolute atomic E-state index is 0.482. The van der Waals surface area contributed by atoms with Crippen LogP contribution in [-0.2, 0) is 0 Å².